The molecular weight excluding hydrogens is 296 g/mol. The van der Waals surface area contributed by atoms with Crippen molar-refractivity contribution in [3.8, 4) is 6.07 Å². The predicted octanol–water partition coefficient (Wildman–Crippen LogP) is 2.96. The molecule has 1 aromatic rings. The Morgan fingerprint density at radius 2 is 1.86 bits per heavy atom. The Hall–Kier alpha value is -2.34. The summed E-state index contributed by atoms with van der Waals surface area (Å²) >= 11 is 0.996. The normalized spacial score (nSPS) is 9.95. The molecule has 0 aromatic heterocycles. The van der Waals surface area contributed by atoms with Crippen molar-refractivity contribution in [1.82, 2.24) is 0 Å². The molecule has 0 heterocycles. The molecule has 21 heavy (non-hydrogen) atoms. The van der Waals surface area contributed by atoms with Crippen molar-refractivity contribution in [3.05, 3.63) is 32.4 Å². The van der Waals surface area contributed by atoms with Crippen LogP contribution < -0.4 is 4.90 Å². The largest absolute Gasteiger partial charge is 0.361 e. The van der Waals surface area contributed by atoms with E-state index in [1.165, 1.54) is 12.1 Å². The molecule has 0 saturated carbocycles. The van der Waals surface area contributed by atoms with E-state index in [-0.39, 0.29) is 27.7 Å². The average Bonchev–Trinajstić information content (AvgIpc) is 2.45. The number of hydrogen-bond donors (Lipinski definition) is 0. The van der Waals surface area contributed by atoms with Crippen LogP contribution in [0.1, 0.15) is 13.8 Å². The van der Waals surface area contributed by atoms with Gasteiger partial charge in [-0.05, 0) is 19.9 Å². The van der Waals surface area contributed by atoms with Gasteiger partial charge in [-0.25, -0.2) is 0 Å². The van der Waals surface area contributed by atoms with Gasteiger partial charge in [0.25, 0.3) is 5.69 Å². The van der Waals surface area contributed by atoms with E-state index in [4.69, 9.17) is 5.26 Å². The van der Waals surface area contributed by atoms with Crippen LogP contribution in [0.4, 0.5) is 17.1 Å². The molecule has 8 nitrogen and oxygen atoms in total. The number of nitro benzene ring substituents is 2. The Morgan fingerprint density at radius 1 is 1.24 bits per heavy atom. The van der Waals surface area contributed by atoms with Crippen LogP contribution in [0.25, 0.3) is 0 Å². The summed E-state index contributed by atoms with van der Waals surface area (Å²) < 4.78 is 0. The summed E-state index contributed by atoms with van der Waals surface area (Å²) in [6.45, 7) is 4.35. The molecule has 9 heteroatoms. The lowest BCUT2D eigenvalue weighted by molar-refractivity contribution is -0.394. The Kier molecular flexibility index (Phi) is 5.92. The zero-order valence-electron chi connectivity index (χ0n) is 11.6. The van der Waals surface area contributed by atoms with E-state index in [0.29, 0.717) is 13.1 Å². The summed E-state index contributed by atoms with van der Waals surface area (Å²) in [6, 6.07) is 4.46. The maximum Gasteiger partial charge on any atom is 0.313 e. The van der Waals surface area contributed by atoms with E-state index in [1.54, 1.807) is 18.7 Å². The summed E-state index contributed by atoms with van der Waals surface area (Å²) in [5, 5.41) is 31.1. The molecule has 112 valence electrons. The first kappa shape index (κ1) is 16.7. The zero-order chi connectivity index (χ0) is 16.0. The smallest absolute Gasteiger partial charge is 0.313 e. The molecule has 0 fully saturated rings. The average molecular weight is 310 g/mol. The van der Waals surface area contributed by atoms with Gasteiger partial charge < -0.3 is 4.90 Å². The Bertz CT molecular complexity index is 596. The highest BCUT2D eigenvalue weighted by molar-refractivity contribution is 7.99. The molecule has 0 unspecified atom stereocenters. The first-order chi connectivity index (χ1) is 9.97. The molecule has 0 N–H and O–H groups in total. The highest BCUT2D eigenvalue weighted by Crippen LogP contribution is 2.43. The number of nitro groups is 2. The van der Waals surface area contributed by atoms with Crippen LogP contribution in [0.2, 0.25) is 0 Å². The number of nitriles is 1. The van der Waals surface area contributed by atoms with E-state index in [9.17, 15) is 20.2 Å². The lowest BCUT2D eigenvalue weighted by atomic mass is 10.2. The van der Waals surface area contributed by atoms with Gasteiger partial charge in [-0.2, -0.15) is 5.26 Å². The Balaban J connectivity index is 3.61. The van der Waals surface area contributed by atoms with Crippen molar-refractivity contribution in [1.29, 1.82) is 5.26 Å². The second-order valence-corrected chi connectivity index (χ2v) is 4.93. The number of nitrogens with zero attached hydrogens (tertiary/aromatic N) is 4. The van der Waals surface area contributed by atoms with Gasteiger partial charge in [-0.1, -0.05) is 0 Å². The minimum Gasteiger partial charge on any atom is -0.361 e. The molecule has 0 spiro atoms. The fourth-order valence-corrected chi connectivity index (χ4v) is 2.64. The first-order valence-corrected chi connectivity index (χ1v) is 7.16. The predicted molar refractivity (Wildman–Crippen MR) is 79.6 cm³/mol. The molecule has 1 aromatic carbocycles. The van der Waals surface area contributed by atoms with E-state index < -0.39 is 9.85 Å². The summed E-state index contributed by atoms with van der Waals surface area (Å²) in [5.41, 5.74) is -0.613. The van der Waals surface area contributed by atoms with Crippen LogP contribution in [0.3, 0.4) is 0 Å². The maximum atomic E-state index is 11.4. The number of rotatable bonds is 7. The van der Waals surface area contributed by atoms with Crippen molar-refractivity contribution >= 4 is 28.8 Å². The van der Waals surface area contributed by atoms with Crippen molar-refractivity contribution in [2.45, 2.75) is 18.7 Å². The van der Waals surface area contributed by atoms with Crippen molar-refractivity contribution in [2.75, 3.05) is 23.7 Å². The molecular formula is C12H14N4O4S. The van der Waals surface area contributed by atoms with Gasteiger partial charge in [0.1, 0.15) is 0 Å². The number of benzene rings is 1. The molecule has 0 amide bonds. The highest BCUT2D eigenvalue weighted by atomic mass is 32.2. The lowest BCUT2D eigenvalue weighted by Crippen LogP contribution is -2.24. The standard InChI is InChI=1S/C12H14N4O4S/c1-3-14(4-2)11-9(15(17)18)5-6-10(21-8-7-13)12(11)16(19)20/h5-6H,3-4,8H2,1-2H3. The summed E-state index contributed by atoms with van der Waals surface area (Å²) in [6.07, 6.45) is 0. The van der Waals surface area contributed by atoms with Crippen LogP contribution in [-0.4, -0.2) is 28.7 Å². The van der Waals surface area contributed by atoms with Gasteiger partial charge in [-0.3, -0.25) is 20.2 Å². The minimum absolute atomic E-state index is 0.00191. The van der Waals surface area contributed by atoms with Crippen LogP contribution >= 0.6 is 11.8 Å². The Morgan fingerprint density at radius 3 is 2.29 bits per heavy atom. The molecule has 0 aliphatic heterocycles. The quantitative estimate of drug-likeness (QED) is 0.432. The first-order valence-electron chi connectivity index (χ1n) is 6.18. The van der Waals surface area contributed by atoms with Crippen LogP contribution in [0.5, 0.6) is 0 Å². The summed E-state index contributed by atoms with van der Waals surface area (Å²) in [5.74, 6) is 0.0380. The third-order valence-electron chi connectivity index (χ3n) is 2.84. The molecule has 1 rings (SSSR count). The SMILES string of the molecule is CCN(CC)c1c([N+](=O)[O-])ccc(SCC#N)c1[N+](=O)[O-]. The summed E-state index contributed by atoms with van der Waals surface area (Å²) in [7, 11) is 0. The Labute approximate surface area is 125 Å². The van der Waals surface area contributed by atoms with E-state index in [2.05, 4.69) is 0 Å². The van der Waals surface area contributed by atoms with Gasteiger partial charge in [0.05, 0.1) is 26.6 Å². The fourth-order valence-electron chi connectivity index (χ4n) is 1.95. The second-order valence-electron chi connectivity index (χ2n) is 3.91. The minimum atomic E-state index is -0.626. The fraction of sp³-hybridized carbons (Fsp3) is 0.417. The maximum absolute atomic E-state index is 11.4. The molecule has 0 saturated heterocycles. The molecule has 0 atom stereocenters. The van der Waals surface area contributed by atoms with Gasteiger partial charge in [-0.15, -0.1) is 11.8 Å². The lowest BCUT2D eigenvalue weighted by Gasteiger charge is -2.21. The summed E-state index contributed by atoms with van der Waals surface area (Å²) in [4.78, 5) is 23.1. The highest BCUT2D eigenvalue weighted by Gasteiger charge is 2.32. The van der Waals surface area contributed by atoms with Crippen LogP contribution in [0, 0.1) is 31.6 Å². The molecule has 0 aliphatic rings. The van der Waals surface area contributed by atoms with Gasteiger partial charge >= 0.3 is 5.69 Å². The number of anilines is 1. The number of thioether (sulfide) groups is 1. The number of hydrogen-bond acceptors (Lipinski definition) is 7. The van der Waals surface area contributed by atoms with Crippen molar-refractivity contribution in [3.63, 3.8) is 0 Å². The third kappa shape index (κ3) is 3.61. The van der Waals surface area contributed by atoms with E-state index in [0.717, 1.165) is 11.8 Å². The molecule has 0 aliphatic carbocycles. The monoisotopic (exact) mass is 310 g/mol. The van der Waals surface area contributed by atoms with Crippen molar-refractivity contribution < 1.29 is 9.85 Å². The second kappa shape index (κ2) is 7.44. The van der Waals surface area contributed by atoms with Gasteiger partial charge in [0, 0.05) is 19.2 Å². The van der Waals surface area contributed by atoms with Gasteiger partial charge in [0.2, 0.25) is 0 Å². The van der Waals surface area contributed by atoms with Crippen LogP contribution in [-0.2, 0) is 0 Å². The zero-order valence-corrected chi connectivity index (χ0v) is 12.4. The van der Waals surface area contributed by atoms with E-state index >= 15 is 0 Å². The topological polar surface area (TPSA) is 113 Å². The third-order valence-corrected chi connectivity index (χ3v) is 3.76. The molecule has 0 bridgehead atoms. The molecule has 0 radical (unpaired) electrons. The van der Waals surface area contributed by atoms with Gasteiger partial charge in [0.15, 0.2) is 5.69 Å². The van der Waals surface area contributed by atoms with E-state index in [1.807, 2.05) is 6.07 Å². The van der Waals surface area contributed by atoms with Crippen LogP contribution in [0.15, 0.2) is 17.0 Å². The van der Waals surface area contributed by atoms with Crippen molar-refractivity contribution in [2.24, 2.45) is 0 Å².